The van der Waals surface area contributed by atoms with Crippen molar-refractivity contribution in [3.8, 4) is 5.75 Å². The van der Waals surface area contributed by atoms with E-state index in [1.807, 2.05) is 35.0 Å². The van der Waals surface area contributed by atoms with E-state index in [1.54, 1.807) is 37.3 Å². The smallest absolute Gasteiger partial charge is 0.259 e. The molecule has 0 fully saturated rings. The van der Waals surface area contributed by atoms with Gasteiger partial charge in [0, 0.05) is 18.1 Å². The summed E-state index contributed by atoms with van der Waals surface area (Å²) in [6, 6.07) is 17.0. The van der Waals surface area contributed by atoms with Gasteiger partial charge in [0.05, 0.1) is 11.3 Å². The molecule has 6 heteroatoms. The molecular weight excluding hydrogens is 357 g/mol. The van der Waals surface area contributed by atoms with E-state index in [0.29, 0.717) is 22.6 Å². The van der Waals surface area contributed by atoms with Crippen molar-refractivity contribution in [3.63, 3.8) is 0 Å². The van der Waals surface area contributed by atoms with E-state index in [4.69, 9.17) is 4.74 Å². The molecule has 0 radical (unpaired) electrons. The summed E-state index contributed by atoms with van der Waals surface area (Å²) in [7, 11) is 0. The third-order valence-electron chi connectivity index (χ3n) is 4.36. The van der Waals surface area contributed by atoms with Crippen LogP contribution in [-0.4, -0.2) is 15.3 Å². The summed E-state index contributed by atoms with van der Waals surface area (Å²) in [6.07, 6.45) is 3.80. The van der Waals surface area contributed by atoms with Crippen LogP contribution in [-0.2, 0) is 6.61 Å². The number of pyridine rings is 1. The van der Waals surface area contributed by atoms with Crippen molar-refractivity contribution in [2.24, 2.45) is 0 Å². The number of carbonyl (C=O) groups is 1. The average molecular weight is 375 g/mol. The number of fused-ring (bicyclic) bond motifs is 1. The number of carbonyl (C=O) groups excluding carboxylic acids is 1. The molecule has 28 heavy (non-hydrogen) atoms. The van der Waals surface area contributed by atoms with E-state index in [9.17, 15) is 9.18 Å². The summed E-state index contributed by atoms with van der Waals surface area (Å²) in [5.74, 6) is -0.205. The molecule has 2 aromatic heterocycles. The van der Waals surface area contributed by atoms with Crippen molar-refractivity contribution in [1.82, 2.24) is 9.38 Å². The van der Waals surface area contributed by atoms with Gasteiger partial charge in [0.25, 0.3) is 5.91 Å². The van der Waals surface area contributed by atoms with Gasteiger partial charge < -0.3 is 14.5 Å². The van der Waals surface area contributed by atoms with E-state index >= 15 is 0 Å². The standard InChI is InChI=1S/C22H18FN3O2/c1-15-12-16(23)9-10-19(15)25-22(27)18-6-2-3-7-20(18)28-14-17-13-26-11-5-4-8-21(26)24-17/h2-13H,14H2,1H3,(H,25,27). The number of hydrogen-bond donors (Lipinski definition) is 1. The number of imidazole rings is 1. The molecule has 0 unspecified atom stereocenters. The molecule has 4 rings (SSSR count). The molecular formula is C22H18FN3O2. The number of rotatable bonds is 5. The lowest BCUT2D eigenvalue weighted by atomic mass is 10.1. The zero-order valence-corrected chi connectivity index (χ0v) is 15.2. The molecule has 0 atom stereocenters. The fourth-order valence-electron chi connectivity index (χ4n) is 2.95. The first kappa shape index (κ1) is 17.7. The Balaban J connectivity index is 1.52. The second kappa shape index (κ2) is 7.52. The van der Waals surface area contributed by atoms with Crippen LogP contribution in [0, 0.1) is 12.7 Å². The van der Waals surface area contributed by atoms with E-state index in [2.05, 4.69) is 10.3 Å². The largest absolute Gasteiger partial charge is 0.486 e. The maximum atomic E-state index is 13.3. The summed E-state index contributed by atoms with van der Waals surface area (Å²) >= 11 is 0. The van der Waals surface area contributed by atoms with E-state index in [1.165, 1.54) is 12.1 Å². The molecule has 0 aliphatic carbocycles. The highest BCUT2D eigenvalue weighted by Crippen LogP contribution is 2.22. The Morgan fingerprint density at radius 1 is 1.14 bits per heavy atom. The number of hydrogen-bond acceptors (Lipinski definition) is 3. The molecule has 0 saturated heterocycles. The van der Waals surface area contributed by atoms with Crippen LogP contribution in [0.15, 0.2) is 73.1 Å². The van der Waals surface area contributed by atoms with E-state index in [0.717, 1.165) is 11.3 Å². The van der Waals surface area contributed by atoms with Crippen LogP contribution in [0.25, 0.3) is 5.65 Å². The number of ether oxygens (including phenoxy) is 1. The fourth-order valence-corrected chi connectivity index (χ4v) is 2.95. The van der Waals surface area contributed by atoms with Gasteiger partial charge in [0.2, 0.25) is 0 Å². The number of aromatic nitrogens is 2. The minimum Gasteiger partial charge on any atom is -0.486 e. The number of amides is 1. The first-order chi connectivity index (χ1) is 13.6. The van der Waals surface area contributed by atoms with Crippen LogP contribution < -0.4 is 10.1 Å². The molecule has 5 nitrogen and oxygen atoms in total. The minimum absolute atomic E-state index is 0.238. The Labute approximate surface area is 161 Å². The normalized spacial score (nSPS) is 10.8. The van der Waals surface area contributed by atoms with Gasteiger partial charge in [-0.2, -0.15) is 0 Å². The molecule has 2 aromatic carbocycles. The molecule has 0 spiro atoms. The highest BCUT2D eigenvalue weighted by molar-refractivity contribution is 6.06. The predicted octanol–water partition coefficient (Wildman–Crippen LogP) is 4.61. The van der Waals surface area contributed by atoms with Crippen molar-refractivity contribution < 1.29 is 13.9 Å². The minimum atomic E-state index is -0.341. The van der Waals surface area contributed by atoms with Crippen LogP contribution in [0.3, 0.4) is 0 Å². The highest BCUT2D eigenvalue weighted by Gasteiger charge is 2.14. The van der Waals surface area contributed by atoms with Gasteiger partial charge >= 0.3 is 0 Å². The predicted molar refractivity (Wildman–Crippen MR) is 105 cm³/mol. The van der Waals surface area contributed by atoms with Crippen LogP contribution >= 0.6 is 0 Å². The van der Waals surface area contributed by atoms with Gasteiger partial charge in [-0.25, -0.2) is 9.37 Å². The zero-order valence-electron chi connectivity index (χ0n) is 15.2. The molecule has 4 aromatic rings. The number of para-hydroxylation sites is 1. The molecule has 140 valence electrons. The van der Waals surface area contributed by atoms with Gasteiger partial charge in [-0.1, -0.05) is 18.2 Å². The lowest BCUT2D eigenvalue weighted by molar-refractivity contribution is 0.102. The summed E-state index contributed by atoms with van der Waals surface area (Å²) in [4.78, 5) is 17.2. The SMILES string of the molecule is Cc1cc(F)ccc1NC(=O)c1ccccc1OCc1cn2ccccc2n1. The molecule has 0 aliphatic rings. The lowest BCUT2D eigenvalue weighted by Crippen LogP contribution is -2.14. The molecule has 1 amide bonds. The zero-order chi connectivity index (χ0) is 19.5. The number of benzene rings is 2. The fraction of sp³-hybridized carbons (Fsp3) is 0.0909. The Hall–Kier alpha value is -3.67. The molecule has 0 bridgehead atoms. The van der Waals surface area contributed by atoms with E-state index < -0.39 is 0 Å². The maximum Gasteiger partial charge on any atom is 0.259 e. The summed E-state index contributed by atoms with van der Waals surface area (Å²) < 4.78 is 21.0. The van der Waals surface area contributed by atoms with Gasteiger partial charge in [0.15, 0.2) is 0 Å². The number of aryl methyl sites for hydroxylation is 1. The maximum absolute atomic E-state index is 13.3. The topological polar surface area (TPSA) is 55.6 Å². The summed E-state index contributed by atoms with van der Waals surface area (Å²) in [5.41, 5.74) is 3.20. The first-order valence-electron chi connectivity index (χ1n) is 8.82. The summed E-state index contributed by atoms with van der Waals surface area (Å²) in [6.45, 7) is 1.98. The van der Waals surface area contributed by atoms with Gasteiger partial charge in [-0.15, -0.1) is 0 Å². The van der Waals surface area contributed by atoms with Gasteiger partial charge in [0.1, 0.15) is 23.8 Å². The molecule has 2 heterocycles. The number of nitrogens with one attached hydrogen (secondary N) is 1. The monoisotopic (exact) mass is 375 g/mol. The average Bonchev–Trinajstić information content (AvgIpc) is 3.12. The molecule has 1 N–H and O–H groups in total. The van der Waals surface area contributed by atoms with Gasteiger partial charge in [-0.05, 0) is 55.0 Å². The Morgan fingerprint density at radius 2 is 1.96 bits per heavy atom. The molecule has 0 saturated carbocycles. The van der Waals surface area contributed by atoms with Crippen molar-refractivity contribution >= 4 is 17.2 Å². The highest BCUT2D eigenvalue weighted by atomic mass is 19.1. The quantitative estimate of drug-likeness (QED) is 0.554. The number of anilines is 1. The Kier molecular flexibility index (Phi) is 4.76. The third kappa shape index (κ3) is 3.71. The van der Waals surface area contributed by atoms with Crippen LogP contribution in [0.1, 0.15) is 21.6 Å². The van der Waals surface area contributed by atoms with Crippen molar-refractivity contribution in [1.29, 1.82) is 0 Å². The van der Waals surface area contributed by atoms with Crippen LogP contribution in [0.2, 0.25) is 0 Å². The second-order valence-corrected chi connectivity index (χ2v) is 6.40. The lowest BCUT2D eigenvalue weighted by Gasteiger charge is -2.12. The van der Waals surface area contributed by atoms with Crippen LogP contribution in [0.4, 0.5) is 10.1 Å². The second-order valence-electron chi connectivity index (χ2n) is 6.40. The van der Waals surface area contributed by atoms with Crippen LogP contribution in [0.5, 0.6) is 5.75 Å². The number of nitrogens with zero attached hydrogens (tertiary/aromatic N) is 2. The Morgan fingerprint density at radius 3 is 2.79 bits per heavy atom. The molecule has 0 aliphatic heterocycles. The van der Waals surface area contributed by atoms with Crippen molar-refractivity contribution in [2.75, 3.05) is 5.32 Å². The third-order valence-corrected chi connectivity index (χ3v) is 4.36. The first-order valence-corrected chi connectivity index (χ1v) is 8.82. The van der Waals surface area contributed by atoms with Gasteiger partial charge in [-0.3, -0.25) is 4.79 Å². The number of halogens is 1. The summed E-state index contributed by atoms with van der Waals surface area (Å²) in [5, 5.41) is 2.81. The Bertz CT molecular complexity index is 1120. The van der Waals surface area contributed by atoms with E-state index in [-0.39, 0.29) is 18.3 Å². The van der Waals surface area contributed by atoms with Crippen molar-refractivity contribution in [2.45, 2.75) is 13.5 Å². The van der Waals surface area contributed by atoms with Crippen molar-refractivity contribution in [3.05, 3.63) is 95.7 Å².